The average Bonchev–Trinajstić information content (AvgIpc) is 3.35. The zero-order valence-electron chi connectivity index (χ0n) is 31.4. The van der Waals surface area contributed by atoms with Crippen molar-refractivity contribution in [2.45, 2.75) is 38.0 Å². The average molecular weight is 706 g/mol. The van der Waals surface area contributed by atoms with Crippen molar-refractivity contribution in [2.24, 2.45) is 0 Å². The lowest BCUT2D eigenvalue weighted by molar-refractivity contribution is 0.660. The summed E-state index contributed by atoms with van der Waals surface area (Å²) in [5.41, 5.74) is 20.7. The van der Waals surface area contributed by atoms with E-state index in [1.807, 2.05) is 0 Å². The van der Waals surface area contributed by atoms with Crippen LogP contribution in [0, 0.1) is 0 Å². The van der Waals surface area contributed by atoms with Gasteiger partial charge in [0.2, 0.25) is 0 Å². The maximum Gasteiger partial charge on any atom is 0.0465 e. The van der Waals surface area contributed by atoms with Crippen molar-refractivity contribution in [3.63, 3.8) is 0 Å². The van der Waals surface area contributed by atoms with Crippen molar-refractivity contribution in [1.29, 1.82) is 0 Å². The smallest absolute Gasteiger partial charge is 0.0465 e. The third-order valence-electron chi connectivity index (χ3n) is 12.2. The number of hydrogen-bond donors (Lipinski definition) is 0. The lowest BCUT2D eigenvalue weighted by atomic mass is 9.82. The van der Waals surface area contributed by atoms with Crippen LogP contribution in [0.15, 0.2) is 194 Å². The van der Waals surface area contributed by atoms with Crippen LogP contribution < -0.4 is 4.90 Å². The summed E-state index contributed by atoms with van der Waals surface area (Å²) >= 11 is 0. The number of aryl methyl sites for hydroxylation is 1. The van der Waals surface area contributed by atoms with E-state index in [9.17, 15) is 0 Å². The van der Waals surface area contributed by atoms with Gasteiger partial charge in [0.25, 0.3) is 0 Å². The van der Waals surface area contributed by atoms with Gasteiger partial charge in [-0.1, -0.05) is 166 Å². The molecule has 0 radical (unpaired) electrons. The summed E-state index contributed by atoms with van der Waals surface area (Å²) in [5, 5.41) is 0. The fourth-order valence-corrected chi connectivity index (χ4v) is 9.27. The molecule has 0 aromatic heterocycles. The molecule has 10 rings (SSSR count). The quantitative estimate of drug-likeness (QED) is 0.166. The highest BCUT2D eigenvalue weighted by molar-refractivity contribution is 5.87. The zero-order valence-corrected chi connectivity index (χ0v) is 31.4. The summed E-state index contributed by atoms with van der Waals surface area (Å²) in [6, 6.07) is 71.9. The third-order valence-corrected chi connectivity index (χ3v) is 12.2. The van der Waals surface area contributed by atoms with Gasteiger partial charge in [0.1, 0.15) is 0 Å². The highest BCUT2D eigenvalue weighted by Gasteiger charge is 2.35. The molecule has 0 fully saturated rings. The van der Waals surface area contributed by atoms with Gasteiger partial charge in [-0.05, 0) is 128 Å². The molecule has 0 saturated carbocycles. The number of benzene rings is 8. The molecule has 0 heterocycles. The SMILES string of the molecule is CC1(C)c2ccccc2-c2ccc(N(c3ccc(-c4ccccc4)cc3)c3ccc(-c4ccc5c(c4)-c4ccccc4C(c4ccccc4)CC5)cc3)cc21. The lowest BCUT2D eigenvalue weighted by Crippen LogP contribution is -2.16. The van der Waals surface area contributed by atoms with E-state index in [1.165, 1.54) is 72.3 Å². The van der Waals surface area contributed by atoms with Crippen LogP contribution in [0.2, 0.25) is 0 Å². The number of nitrogens with zero attached hydrogens (tertiary/aromatic N) is 1. The molecular formula is C54H43N. The minimum atomic E-state index is -0.0836. The number of fused-ring (bicyclic) bond motifs is 6. The predicted octanol–water partition coefficient (Wildman–Crippen LogP) is 14.5. The molecular weight excluding hydrogens is 663 g/mol. The lowest BCUT2D eigenvalue weighted by Gasteiger charge is -2.28. The van der Waals surface area contributed by atoms with Gasteiger partial charge < -0.3 is 4.90 Å². The maximum absolute atomic E-state index is 2.43. The van der Waals surface area contributed by atoms with E-state index in [4.69, 9.17) is 0 Å². The van der Waals surface area contributed by atoms with Crippen molar-refractivity contribution in [1.82, 2.24) is 0 Å². The minimum Gasteiger partial charge on any atom is -0.310 e. The topological polar surface area (TPSA) is 3.24 Å². The van der Waals surface area contributed by atoms with Crippen molar-refractivity contribution < 1.29 is 0 Å². The Morgan fingerprint density at radius 1 is 0.418 bits per heavy atom. The van der Waals surface area contributed by atoms with Gasteiger partial charge in [-0.2, -0.15) is 0 Å². The third kappa shape index (κ3) is 5.79. The Morgan fingerprint density at radius 2 is 0.964 bits per heavy atom. The van der Waals surface area contributed by atoms with Crippen LogP contribution in [-0.4, -0.2) is 0 Å². The Balaban J connectivity index is 1.04. The molecule has 0 saturated heterocycles. The van der Waals surface area contributed by atoms with Crippen molar-refractivity contribution >= 4 is 17.1 Å². The fraction of sp³-hybridized carbons (Fsp3) is 0.111. The second kappa shape index (κ2) is 13.4. The molecule has 0 bridgehead atoms. The van der Waals surface area contributed by atoms with Crippen molar-refractivity contribution in [3.8, 4) is 44.5 Å². The Bertz CT molecular complexity index is 2650. The van der Waals surface area contributed by atoms with Crippen molar-refractivity contribution in [3.05, 3.63) is 222 Å². The van der Waals surface area contributed by atoms with E-state index in [-0.39, 0.29) is 5.41 Å². The summed E-state index contributed by atoms with van der Waals surface area (Å²) in [4.78, 5) is 2.41. The van der Waals surface area contributed by atoms with Crippen LogP contribution in [0.4, 0.5) is 17.1 Å². The normalized spacial score (nSPS) is 14.9. The first-order valence-electron chi connectivity index (χ1n) is 19.6. The van der Waals surface area contributed by atoms with Crippen LogP contribution in [0.5, 0.6) is 0 Å². The van der Waals surface area contributed by atoms with Gasteiger partial charge in [-0.3, -0.25) is 0 Å². The van der Waals surface area contributed by atoms with Gasteiger partial charge >= 0.3 is 0 Å². The molecule has 8 aromatic carbocycles. The standard InChI is InChI=1S/C54H43N/c1-54(2)52-20-12-11-19-49(52)50-34-32-45(36-53(50)54)55(43-28-23-38(24-29-43)37-13-5-3-6-14-37)44-30-25-39(26-31-44)42-22-21-41-27-33-46(40-15-7-4-8-16-40)47-17-9-10-18-48(47)51(41)35-42/h3-26,28-32,34-36,46H,27,33H2,1-2H3. The first kappa shape index (κ1) is 33.2. The molecule has 2 aliphatic rings. The van der Waals surface area contributed by atoms with Crippen LogP contribution in [0.25, 0.3) is 44.5 Å². The Kier molecular flexibility index (Phi) is 8.11. The highest BCUT2D eigenvalue weighted by Crippen LogP contribution is 2.51. The summed E-state index contributed by atoms with van der Waals surface area (Å²) in [7, 11) is 0. The predicted molar refractivity (Wildman–Crippen MR) is 232 cm³/mol. The molecule has 1 heteroatoms. The number of hydrogen-bond acceptors (Lipinski definition) is 1. The summed E-state index contributed by atoms with van der Waals surface area (Å²) < 4.78 is 0. The Morgan fingerprint density at radius 3 is 1.69 bits per heavy atom. The first-order valence-corrected chi connectivity index (χ1v) is 19.6. The Labute approximate surface area is 325 Å². The van der Waals surface area contributed by atoms with Gasteiger partial charge in [-0.15, -0.1) is 0 Å². The Hall–Kier alpha value is -6.44. The monoisotopic (exact) mass is 705 g/mol. The largest absolute Gasteiger partial charge is 0.310 e. The molecule has 8 aromatic rings. The molecule has 0 aliphatic heterocycles. The van der Waals surface area contributed by atoms with Crippen LogP contribution >= 0.6 is 0 Å². The van der Waals surface area contributed by atoms with Gasteiger partial charge in [0, 0.05) is 28.4 Å². The van der Waals surface area contributed by atoms with Crippen molar-refractivity contribution in [2.75, 3.05) is 4.90 Å². The van der Waals surface area contributed by atoms with E-state index in [2.05, 4.69) is 213 Å². The second-order valence-corrected chi connectivity index (χ2v) is 15.7. The van der Waals surface area contributed by atoms with Crippen LogP contribution in [0.3, 0.4) is 0 Å². The van der Waals surface area contributed by atoms with Crippen LogP contribution in [-0.2, 0) is 11.8 Å². The minimum absolute atomic E-state index is 0.0836. The summed E-state index contributed by atoms with van der Waals surface area (Å²) in [6.07, 6.45) is 2.17. The van der Waals surface area contributed by atoms with E-state index < -0.39 is 0 Å². The maximum atomic E-state index is 2.43. The molecule has 55 heavy (non-hydrogen) atoms. The summed E-state index contributed by atoms with van der Waals surface area (Å²) in [5.74, 6) is 0.388. The molecule has 1 nitrogen and oxygen atoms in total. The highest BCUT2D eigenvalue weighted by atomic mass is 15.1. The molecule has 1 unspecified atom stereocenters. The summed E-state index contributed by atoms with van der Waals surface area (Å²) in [6.45, 7) is 4.71. The molecule has 264 valence electrons. The molecule has 0 N–H and O–H groups in total. The first-order chi connectivity index (χ1) is 27.0. The molecule has 1 atom stereocenters. The van der Waals surface area contributed by atoms with E-state index in [0.29, 0.717) is 5.92 Å². The molecule has 2 aliphatic carbocycles. The van der Waals surface area contributed by atoms with Crippen LogP contribution in [0.1, 0.15) is 54.0 Å². The second-order valence-electron chi connectivity index (χ2n) is 15.7. The van der Waals surface area contributed by atoms with Gasteiger partial charge in [0.15, 0.2) is 0 Å². The molecule has 0 spiro atoms. The van der Waals surface area contributed by atoms with E-state index >= 15 is 0 Å². The van der Waals surface area contributed by atoms with E-state index in [1.54, 1.807) is 0 Å². The number of rotatable bonds is 6. The van der Waals surface area contributed by atoms with Gasteiger partial charge in [0.05, 0.1) is 0 Å². The van der Waals surface area contributed by atoms with Gasteiger partial charge in [-0.25, -0.2) is 0 Å². The van der Waals surface area contributed by atoms with E-state index in [0.717, 1.165) is 29.9 Å². The number of anilines is 3. The fourth-order valence-electron chi connectivity index (χ4n) is 9.27. The molecule has 0 amide bonds. The zero-order chi connectivity index (χ0) is 36.9.